The van der Waals surface area contributed by atoms with Crippen LogP contribution in [0.2, 0.25) is 0 Å². The van der Waals surface area contributed by atoms with Gasteiger partial charge in [0.15, 0.2) is 0 Å². The Labute approximate surface area is 126 Å². The third kappa shape index (κ3) is 4.04. The van der Waals surface area contributed by atoms with E-state index in [1.165, 1.54) is 0 Å². The van der Waals surface area contributed by atoms with Crippen LogP contribution in [0.25, 0.3) is 0 Å². The predicted octanol–water partition coefficient (Wildman–Crippen LogP) is 1.14. The summed E-state index contributed by atoms with van der Waals surface area (Å²) >= 11 is 0. The van der Waals surface area contributed by atoms with Gasteiger partial charge in [-0.05, 0) is 20.3 Å². The Morgan fingerprint density at radius 3 is 2.62 bits per heavy atom. The molecule has 6 nitrogen and oxygen atoms in total. The lowest BCUT2D eigenvalue weighted by Crippen LogP contribution is -2.58. The van der Waals surface area contributed by atoms with E-state index in [2.05, 4.69) is 17.0 Å². The van der Waals surface area contributed by atoms with E-state index < -0.39 is 5.54 Å². The second kappa shape index (κ2) is 6.58. The number of rotatable bonds is 5. The minimum Gasteiger partial charge on any atom is -0.361 e. The Bertz CT molecular complexity index is 476. The van der Waals surface area contributed by atoms with Gasteiger partial charge in [-0.1, -0.05) is 18.5 Å². The SMILES string of the molecule is CCCC(C)(N)C(=O)N1CCN(Cc2cc(C)on2)CC1. The third-order valence-corrected chi connectivity index (χ3v) is 3.98. The highest BCUT2D eigenvalue weighted by Gasteiger charge is 2.33. The van der Waals surface area contributed by atoms with Gasteiger partial charge < -0.3 is 15.2 Å². The molecule has 0 bridgehead atoms. The number of amides is 1. The van der Waals surface area contributed by atoms with Crippen molar-refractivity contribution in [2.24, 2.45) is 5.73 Å². The van der Waals surface area contributed by atoms with E-state index in [4.69, 9.17) is 10.3 Å². The molecule has 1 aliphatic heterocycles. The van der Waals surface area contributed by atoms with Gasteiger partial charge >= 0.3 is 0 Å². The average molecular weight is 294 g/mol. The molecule has 6 heteroatoms. The molecule has 1 saturated heterocycles. The Morgan fingerprint density at radius 1 is 1.43 bits per heavy atom. The maximum absolute atomic E-state index is 12.4. The van der Waals surface area contributed by atoms with Crippen LogP contribution < -0.4 is 5.73 Å². The van der Waals surface area contributed by atoms with Crippen LogP contribution in [0.3, 0.4) is 0 Å². The number of aromatic nitrogens is 1. The van der Waals surface area contributed by atoms with Crippen molar-refractivity contribution < 1.29 is 9.32 Å². The van der Waals surface area contributed by atoms with Gasteiger partial charge in [0.25, 0.3) is 0 Å². The Morgan fingerprint density at radius 2 is 2.10 bits per heavy atom. The molecule has 0 aliphatic carbocycles. The molecular formula is C15H26N4O2. The van der Waals surface area contributed by atoms with Crippen LogP contribution in [0, 0.1) is 6.92 Å². The van der Waals surface area contributed by atoms with Gasteiger partial charge in [-0.15, -0.1) is 0 Å². The molecule has 1 aromatic heterocycles. The van der Waals surface area contributed by atoms with Gasteiger partial charge in [0.05, 0.1) is 11.2 Å². The van der Waals surface area contributed by atoms with E-state index in [1.54, 1.807) is 0 Å². The topological polar surface area (TPSA) is 75.6 Å². The first-order valence-corrected chi connectivity index (χ1v) is 7.65. The molecule has 21 heavy (non-hydrogen) atoms. The molecule has 1 amide bonds. The van der Waals surface area contributed by atoms with Gasteiger partial charge in [0.2, 0.25) is 5.91 Å². The van der Waals surface area contributed by atoms with Crippen molar-refractivity contribution in [2.45, 2.75) is 45.7 Å². The van der Waals surface area contributed by atoms with Crippen molar-refractivity contribution >= 4 is 5.91 Å². The highest BCUT2D eigenvalue weighted by molar-refractivity contribution is 5.85. The number of aryl methyl sites for hydroxylation is 1. The first-order chi connectivity index (χ1) is 9.92. The van der Waals surface area contributed by atoms with E-state index in [0.29, 0.717) is 0 Å². The van der Waals surface area contributed by atoms with Crippen molar-refractivity contribution in [3.63, 3.8) is 0 Å². The second-order valence-electron chi connectivity index (χ2n) is 6.16. The highest BCUT2D eigenvalue weighted by Crippen LogP contribution is 2.15. The first-order valence-electron chi connectivity index (χ1n) is 7.65. The number of hydrogen-bond acceptors (Lipinski definition) is 5. The molecule has 2 heterocycles. The Hall–Kier alpha value is -1.40. The molecule has 1 aliphatic rings. The van der Waals surface area contributed by atoms with Crippen molar-refractivity contribution in [3.05, 3.63) is 17.5 Å². The predicted molar refractivity (Wildman–Crippen MR) is 80.6 cm³/mol. The van der Waals surface area contributed by atoms with Crippen molar-refractivity contribution in [1.82, 2.24) is 15.0 Å². The maximum atomic E-state index is 12.4. The van der Waals surface area contributed by atoms with Crippen LogP contribution in [0.15, 0.2) is 10.6 Å². The van der Waals surface area contributed by atoms with Crippen molar-refractivity contribution in [1.29, 1.82) is 0 Å². The molecule has 1 unspecified atom stereocenters. The van der Waals surface area contributed by atoms with Gasteiger partial charge in [0.1, 0.15) is 5.76 Å². The molecule has 1 aromatic rings. The summed E-state index contributed by atoms with van der Waals surface area (Å²) in [5, 5.41) is 4.01. The van der Waals surface area contributed by atoms with E-state index in [1.807, 2.05) is 24.8 Å². The fourth-order valence-corrected chi connectivity index (χ4v) is 2.82. The van der Waals surface area contributed by atoms with E-state index in [-0.39, 0.29) is 5.91 Å². The summed E-state index contributed by atoms with van der Waals surface area (Å²) < 4.78 is 5.08. The number of hydrogen-bond donors (Lipinski definition) is 1. The zero-order valence-corrected chi connectivity index (χ0v) is 13.3. The van der Waals surface area contributed by atoms with Crippen LogP contribution in [-0.4, -0.2) is 52.6 Å². The number of carbonyl (C=O) groups excluding carboxylic acids is 1. The van der Waals surface area contributed by atoms with E-state index in [0.717, 1.165) is 57.0 Å². The lowest BCUT2D eigenvalue weighted by Gasteiger charge is -2.38. The minimum absolute atomic E-state index is 0.0706. The summed E-state index contributed by atoms with van der Waals surface area (Å²) in [6.45, 7) is 9.70. The van der Waals surface area contributed by atoms with Crippen LogP contribution in [0.5, 0.6) is 0 Å². The monoisotopic (exact) mass is 294 g/mol. The van der Waals surface area contributed by atoms with Gasteiger partial charge in [-0.25, -0.2) is 0 Å². The number of nitrogens with zero attached hydrogens (tertiary/aromatic N) is 3. The molecule has 0 spiro atoms. The van der Waals surface area contributed by atoms with Crippen molar-refractivity contribution in [3.8, 4) is 0 Å². The van der Waals surface area contributed by atoms with Gasteiger partial charge in [-0.2, -0.15) is 0 Å². The molecule has 0 radical (unpaired) electrons. The molecule has 118 valence electrons. The lowest BCUT2D eigenvalue weighted by molar-refractivity contribution is -0.138. The van der Waals surface area contributed by atoms with Gasteiger partial charge in [-0.3, -0.25) is 9.69 Å². The molecule has 0 aromatic carbocycles. The van der Waals surface area contributed by atoms with Crippen molar-refractivity contribution in [2.75, 3.05) is 26.2 Å². The van der Waals surface area contributed by atoms with Crippen LogP contribution in [-0.2, 0) is 11.3 Å². The molecule has 0 saturated carbocycles. The Balaban J connectivity index is 1.84. The Kier molecular flexibility index (Phi) is 5.00. The summed E-state index contributed by atoms with van der Waals surface area (Å²) in [5.41, 5.74) is 6.35. The number of nitrogens with two attached hydrogens (primary N) is 1. The molecule has 2 rings (SSSR count). The quantitative estimate of drug-likeness (QED) is 0.881. The minimum atomic E-state index is -0.736. The summed E-state index contributed by atoms with van der Waals surface area (Å²) in [5.74, 6) is 0.901. The lowest BCUT2D eigenvalue weighted by atomic mass is 9.95. The first kappa shape index (κ1) is 16.0. The van der Waals surface area contributed by atoms with E-state index in [9.17, 15) is 4.79 Å². The molecule has 1 fully saturated rings. The average Bonchev–Trinajstić information content (AvgIpc) is 2.84. The highest BCUT2D eigenvalue weighted by atomic mass is 16.5. The third-order valence-electron chi connectivity index (χ3n) is 3.98. The zero-order chi connectivity index (χ0) is 15.5. The largest absolute Gasteiger partial charge is 0.361 e. The van der Waals surface area contributed by atoms with Crippen LogP contribution in [0.4, 0.5) is 0 Å². The maximum Gasteiger partial charge on any atom is 0.242 e. The zero-order valence-electron chi connectivity index (χ0n) is 13.3. The second-order valence-corrected chi connectivity index (χ2v) is 6.16. The fourth-order valence-electron chi connectivity index (χ4n) is 2.82. The standard InChI is InChI=1S/C15H26N4O2/c1-4-5-15(3,16)14(20)19-8-6-18(7-9-19)11-13-10-12(2)21-17-13/h10H,4-9,11,16H2,1-3H3. The molecule has 2 N–H and O–H groups in total. The summed E-state index contributed by atoms with van der Waals surface area (Å²) in [7, 11) is 0. The smallest absolute Gasteiger partial charge is 0.242 e. The van der Waals surface area contributed by atoms with E-state index >= 15 is 0 Å². The number of carbonyl (C=O) groups is 1. The normalized spacial score (nSPS) is 19.5. The van der Waals surface area contributed by atoms with Crippen LogP contribution in [0.1, 0.15) is 38.1 Å². The van der Waals surface area contributed by atoms with Gasteiger partial charge in [0, 0.05) is 38.8 Å². The number of piperazine rings is 1. The summed E-state index contributed by atoms with van der Waals surface area (Å²) in [6, 6.07) is 1.95. The summed E-state index contributed by atoms with van der Waals surface area (Å²) in [6.07, 6.45) is 1.65. The van der Waals surface area contributed by atoms with Crippen LogP contribution >= 0.6 is 0 Å². The molecular weight excluding hydrogens is 268 g/mol. The molecule has 1 atom stereocenters. The fraction of sp³-hybridized carbons (Fsp3) is 0.733. The summed E-state index contributed by atoms with van der Waals surface area (Å²) in [4.78, 5) is 16.6.